The van der Waals surface area contributed by atoms with E-state index in [9.17, 15) is 4.79 Å². The molecule has 0 aliphatic rings. The van der Waals surface area contributed by atoms with E-state index in [-0.39, 0.29) is 11.2 Å². The first kappa shape index (κ1) is 15.8. The van der Waals surface area contributed by atoms with Crippen molar-refractivity contribution < 1.29 is 4.79 Å². The summed E-state index contributed by atoms with van der Waals surface area (Å²) in [5.74, 6) is 0.497. The number of nitrogens with one attached hydrogen (secondary N) is 1. The fourth-order valence-corrected chi connectivity index (χ4v) is 2.75. The molecule has 1 aromatic heterocycles. The van der Waals surface area contributed by atoms with E-state index in [0.29, 0.717) is 12.5 Å². The van der Waals surface area contributed by atoms with Crippen LogP contribution in [0.1, 0.15) is 26.5 Å². The van der Waals surface area contributed by atoms with E-state index in [0.717, 1.165) is 21.8 Å². The second-order valence-corrected chi connectivity index (χ2v) is 6.83. The lowest BCUT2D eigenvalue weighted by atomic mass is 10.2. The minimum atomic E-state index is -0.182. The van der Waals surface area contributed by atoms with Gasteiger partial charge >= 0.3 is 0 Å². The molecule has 0 saturated heterocycles. The number of amides is 1. The van der Waals surface area contributed by atoms with Gasteiger partial charge in [-0.2, -0.15) is 0 Å². The van der Waals surface area contributed by atoms with Gasteiger partial charge in [0.15, 0.2) is 0 Å². The van der Waals surface area contributed by atoms with Crippen LogP contribution in [0.2, 0.25) is 0 Å². The number of hydrogen-bond acceptors (Lipinski definition) is 4. The highest BCUT2D eigenvalue weighted by Gasteiger charge is 2.17. The number of fused-ring (bicyclic) bond motifs is 1. The Balaban J connectivity index is 2.11. The summed E-state index contributed by atoms with van der Waals surface area (Å²) in [4.78, 5) is 21.2. The number of aryl methyl sites for hydroxylation is 1. The van der Waals surface area contributed by atoms with Gasteiger partial charge in [-0.15, -0.1) is 0 Å². The lowest BCUT2D eigenvalue weighted by Crippen LogP contribution is -2.33. The van der Waals surface area contributed by atoms with Crippen LogP contribution in [0.4, 0.5) is 0 Å². The lowest BCUT2D eigenvalue weighted by Gasteiger charge is -2.14. The first-order chi connectivity index (χ1) is 9.97. The molecule has 1 aromatic carbocycles. The van der Waals surface area contributed by atoms with Crippen molar-refractivity contribution in [2.75, 3.05) is 6.54 Å². The Morgan fingerprint density at radius 3 is 2.43 bits per heavy atom. The van der Waals surface area contributed by atoms with E-state index in [1.165, 1.54) is 11.8 Å². The molecule has 1 amide bonds. The highest BCUT2D eigenvalue weighted by Crippen LogP contribution is 2.25. The predicted octanol–water partition coefficient (Wildman–Crippen LogP) is 3.19. The highest BCUT2D eigenvalue weighted by molar-refractivity contribution is 8.00. The number of para-hydroxylation sites is 2. The Morgan fingerprint density at radius 2 is 1.81 bits per heavy atom. The molecule has 2 rings (SSSR count). The SMILES string of the molecule is Cc1nc2ccccc2nc1SC(C)C(=O)NCC(C)C. The van der Waals surface area contributed by atoms with Crippen LogP contribution in [0.25, 0.3) is 11.0 Å². The molecule has 5 heteroatoms. The first-order valence-electron chi connectivity index (χ1n) is 7.15. The number of thioether (sulfide) groups is 1. The van der Waals surface area contributed by atoms with Crippen molar-refractivity contribution in [1.29, 1.82) is 0 Å². The van der Waals surface area contributed by atoms with Crippen molar-refractivity contribution in [3.63, 3.8) is 0 Å². The number of nitrogens with zero attached hydrogens (tertiary/aromatic N) is 2. The molecule has 2 aromatic rings. The summed E-state index contributed by atoms with van der Waals surface area (Å²) in [6.45, 7) is 8.69. The van der Waals surface area contributed by atoms with Gasteiger partial charge in [0.2, 0.25) is 5.91 Å². The molecule has 0 saturated carbocycles. The van der Waals surface area contributed by atoms with Gasteiger partial charge in [0.05, 0.1) is 22.0 Å². The molecule has 1 heterocycles. The van der Waals surface area contributed by atoms with Crippen LogP contribution in [0.5, 0.6) is 0 Å². The summed E-state index contributed by atoms with van der Waals surface area (Å²) < 4.78 is 0. The van der Waals surface area contributed by atoms with Crippen molar-refractivity contribution >= 4 is 28.7 Å². The summed E-state index contributed by atoms with van der Waals surface area (Å²) in [5, 5.41) is 3.59. The molecular weight excluding hydrogens is 282 g/mol. The van der Waals surface area contributed by atoms with Gasteiger partial charge in [0, 0.05) is 6.54 Å². The van der Waals surface area contributed by atoms with Gasteiger partial charge in [0.1, 0.15) is 5.03 Å². The summed E-state index contributed by atoms with van der Waals surface area (Å²) in [7, 11) is 0. The largest absolute Gasteiger partial charge is 0.355 e. The van der Waals surface area contributed by atoms with Crippen molar-refractivity contribution in [2.45, 2.75) is 38.0 Å². The van der Waals surface area contributed by atoms with Crippen LogP contribution < -0.4 is 5.32 Å². The average molecular weight is 303 g/mol. The smallest absolute Gasteiger partial charge is 0.233 e. The van der Waals surface area contributed by atoms with Crippen LogP contribution in [0.3, 0.4) is 0 Å². The third-order valence-electron chi connectivity index (χ3n) is 3.04. The molecule has 0 aliphatic carbocycles. The fourth-order valence-electron chi connectivity index (χ4n) is 1.85. The van der Waals surface area contributed by atoms with Crippen LogP contribution in [-0.2, 0) is 4.79 Å². The number of aromatic nitrogens is 2. The van der Waals surface area contributed by atoms with Crippen molar-refractivity contribution in [1.82, 2.24) is 15.3 Å². The molecule has 4 nitrogen and oxygen atoms in total. The molecule has 0 fully saturated rings. The normalized spacial score (nSPS) is 12.6. The van der Waals surface area contributed by atoms with E-state index in [1.807, 2.05) is 38.1 Å². The van der Waals surface area contributed by atoms with E-state index in [4.69, 9.17) is 0 Å². The van der Waals surface area contributed by atoms with E-state index >= 15 is 0 Å². The second kappa shape index (κ2) is 6.89. The van der Waals surface area contributed by atoms with Crippen LogP contribution >= 0.6 is 11.8 Å². The van der Waals surface area contributed by atoms with Crippen molar-refractivity contribution in [2.24, 2.45) is 5.92 Å². The number of hydrogen-bond donors (Lipinski definition) is 1. The summed E-state index contributed by atoms with van der Waals surface area (Å²) in [6.07, 6.45) is 0. The zero-order chi connectivity index (χ0) is 15.4. The highest BCUT2D eigenvalue weighted by atomic mass is 32.2. The topological polar surface area (TPSA) is 54.9 Å². The van der Waals surface area contributed by atoms with E-state index in [1.54, 1.807) is 0 Å². The summed E-state index contributed by atoms with van der Waals surface area (Å²) >= 11 is 1.46. The van der Waals surface area contributed by atoms with Gasteiger partial charge in [-0.25, -0.2) is 9.97 Å². The van der Waals surface area contributed by atoms with Gasteiger partial charge in [0.25, 0.3) is 0 Å². The summed E-state index contributed by atoms with van der Waals surface area (Å²) in [5.41, 5.74) is 2.61. The minimum Gasteiger partial charge on any atom is -0.355 e. The van der Waals surface area contributed by atoms with E-state index in [2.05, 4.69) is 29.1 Å². The monoisotopic (exact) mass is 303 g/mol. The van der Waals surface area contributed by atoms with Crippen LogP contribution in [0.15, 0.2) is 29.3 Å². The predicted molar refractivity (Wildman–Crippen MR) is 87.4 cm³/mol. The maximum Gasteiger partial charge on any atom is 0.233 e. The van der Waals surface area contributed by atoms with Crippen LogP contribution in [-0.4, -0.2) is 27.7 Å². The number of benzene rings is 1. The van der Waals surface area contributed by atoms with Crippen molar-refractivity contribution in [3.05, 3.63) is 30.0 Å². The minimum absolute atomic E-state index is 0.0445. The van der Waals surface area contributed by atoms with Gasteiger partial charge < -0.3 is 5.32 Å². The number of carbonyl (C=O) groups excluding carboxylic acids is 1. The Labute approximate surface area is 129 Å². The molecule has 0 bridgehead atoms. The second-order valence-electron chi connectivity index (χ2n) is 5.50. The zero-order valence-electron chi connectivity index (χ0n) is 12.9. The third kappa shape index (κ3) is 4.17. The maximum atomic E-state index is 12.0. The Bertz CT molecular complexity index is 642. The fraction of sp³-hybridized carbons (Fsp3) is 0.438. The summed E-state index contributed by atoms with van der Waals surface area (Å²) in [6, 6.07) is 7.78. The lowest BCUT2D eigenvalue weighted by molar-refractivity contribution is -0.120. The molecule has 1 atom stereocenters. The molecular formula is C16H21N3OS. The van der Waals surface area contributed by atoms with Gasteiger partial charge in [-0.05, 0) is 31.9 Å². The molecule has 1 unspecified atom stereocenters. The first-order valence-corrected chi connectivity index (χ1v) is 8.03. The molecule has 1 N–H and O–H groups in total. The van der Waals surface area contributed by atoms with E-state index < -0.39 is 0 Å². The zero-order valence-corrected chi connectivity index (χ0v) is 13.7. The number of carbonyl (C=O) groups is 1. The van der Waals surface area contributed by atoms with Gasteiger partial charge in [-0.1, -0.05) is 37.7 Å². The van der Waals surface area contributed by atoms with Crippen molar-refractivity contribution in [3.8, 4) is 0 Å². The standard InChI is InChI=1S/C16H21N3OS/c1-10(2)9-17-15(20)12(4)21-16-11(3)18-13-7-5-6-8-14(13)19-16/h5-8,10,12H,9H2,1-4H3,(H,17,20). The number of rotatable bonds is 5. The Morgan fingerprint density at radius 1 is 1.19 bits per heavy atom. The molecule has 112 valence electrons. The van der Waals surface area contributed by atoms with Gasteiger partial charge in [-0.3, -0.25) is 4.79 Å². The third-order valence-corrected chi connectivity index (χ3v) is 4.22. The Kier molecular flexibility index (Phi) is 5.17. The quantitative estimate of drug-likeness (QED) is 0.862. The molecule has 0 aliphatic heterocycles. The maximum absolute atomic E-state index is 12.0. The Hall–Kier alpha value is -1.62. The average Bonchev–Trinajstić information content (AvgIpc) is 2.45. The van der Waals surface area contributed by atoms with Crippen LogP contribution in [0, 0.1) is 12.8 Å². The molecule has 0 spiro atoms. The molecule has 21 heavy (non-hydrogen) atoms. The molecule has 0 radical (unpaired) electrons.